The number of ketones is 1. The summed E-state index contributed by atoms with van der Waals surface area (Å²) >= 11 is 0. The normalized spacial score (nSPS) is 11.1. The second kappa shape index (κ2) is 11.7. The van der Waals surface area contributed by atoms with E-state index in [2.05, 4.69) is 11.9 Å². The molecule has 1 aromatic carbocycles. The Hall–Kier alpha value is -1.90. The molecule has 2 rings (SSSR count). The molecule has 0 fully saturated rings. The Morgan fingerprint density at radius 1 is 0.885 bits per heavy atom. The number of fused-ring (bicyclic) bond motifs is 1. The molecule has 0 unspecified atom stereocenters. The van der Waals surface area contributed by atoms with Gasteiger partial charge in [-0.2, -0.15) is 0 Å². The first-order chi connectivity index (χ1) is 12.7. The lowest BCUT2D eigenvalue weighted by molar-refractivity contribution is 0.0980. The van der Waals surface area contributed by atoms with Crippen LogP contribution in [-0.4, -0.2) is 15.9 Å². The van der Waals surface area contributed by atoms with E-state index in [0.29, 0.717) is 17.5 Å². The maximum absolute atomic E-state index is 12.5. The van der Waals surface area contributed by atoms with Crippen LogP contribution in [-0.2, 0) is 0 Å². The number of hydrogen-bond donors (Lipinski definition) is 1. The van der Waals surface area contributed by atoms with Gasteiger partial charge in [0.25, 0.3) is 0 Å². The highest BCUT2D eigenvalue weighted by Gasteiger charge is 2.12. The van der Waals surface area contributed by atoms with Gasteiger partial charge in [0.1, 0.15) is 11.3 Å². The molecular weight excluding hydrogens is 322 g/mol. The minimum Gasteiger partial charge on any atom is -0.506 e. The molecule has 0 amide bonds. The lowest BCUT2D eigenvalue weighted by Gasteiger charge is -2.07. The molecule has 0 aliphatic carbocycles. The number of unbranched alkanes of at least 4 members (excludes halogenated alkanes) is 10. The molecule has 0 saturated carbocycles. The Morgan fingerprint density at radius 2 is 1.50 bits per heavy atom. The number of pyridine rings is 1. The van der Waals surface area contributed by atoms with E-state index in [1.165, 1.54) is 57.8 Å². The van der Waals surface area contributed by atoms with E-state index >= 15 is 0 Å². The standard InChI is InChI=1S/C23H33NO2/c1-2-3-4-5-6-7-8-9-10-11-12-15-21(25)19-16-17-22(26)23-20(19)14-13-18-24-23/h13-14,16-18,26H,2-12,15H2,1H3. The van der Waals surface area contributed by atoms with Crippen molar-refractivity contribution < 1.29 is 9.90 Å². The summed E-state index contributed by atoms with van der Waals surface area (Å²) in [5.74, 6) is 0.283. The quantitative estimate of drug-likeness (QED) is 0.316. The third-order valence-electron chi connectivity index (χ3n) is 5.06. The maximum atomic E-state index is 12.5. The van der Waals surface area contributed by atoms with E-state index in [0.717, 1.165) is 18.2 Å². The molecule has 0 saturated heterocycles. The smallest absolute Gasteiger partial charge is 0.163 e. The molecule has 1 heterocycles. The van der Waals surface area contributed by atoms with Crippen LogP contribution in [0.1, 0.15) is 94.3 Å². The number of phenolic OH excluding ortho intramolecular Hbond substituents is 1. The van der Waals surface area contributed by atoms with Crippen LogP contribution in [0.4, 0.5) is 0 Å². The van der Waals surface area contributed by atoms with Gasteiger partial charge in [0.05, 0.1) is 0 Å². The van der Waals surface area contributed by atoms with Crippen LogP contribution in [0.2, 0.25) is 0 Å². The number of carbonyl (C=O) groups excluding carboxylic acids is 1. The highest BCUT2D eigenvalue weighted by atomic mass is 16.3. The van der Waals surface area contributed by atoms with Gasteiger partial charge in [0, 0.05) is 23.6 Å². The fourth-order valence-corrected chi connectivity index (χ4v) is 3.49. The lowest BCUT2D eigenvalue weighted by atomic mass is 9.99. The Kier molecular flexibility index (Phi) is 9.16. The molecular formula is C23H33NO2. The zero-order chi connectivity index (χ0) is 18.6. The number of nitrogens with zero attached hydrogens (tertiary/aromatic N) is 1. The van der Waals surface area contributed by atoms with E-state index in [9.17, 15) is 9.90 Å². The molecule has 3 heteroatoms. The van der Waals surface area contributed by atoms with Gasteiger partial charge in [0.15, 0.2) is 5.78 Å². The maximum Gasteiger partial charge on any atom is 0.163 e. The molecule has 2 aromatic rings. The van der Waals surface area contributed by atoms with Gasteiger partial charge in [0.2, 0.25) is 0 Å². The summed E-state index contributed by atoms with van der Waals surface area (Å²) in [4.78, 5) is 16.7. The third-order valence-corrected chi connectivity index (χ3v) is 5.06. The van der Waals surface area contributed by atoms with Gasteiger partial charge in [-0.15, -0.1) is 0 Å². The topological polar surface area (TPSA) is 50.2 Å². The summed E-state index contributed by atoms with van der Waals surface area (Å²) in [5.41, 5.74) is 1.19. The van der Waals surface area contributed by atoms with Gasteiger partial charge in [-0.05, 0) is 24.6 Å². The van der Waals surface area contributed by atoms with Crippen LogP contribution in [0.3, 0.4) is 0 Å². The van der Waals surface area contributed by atoms with Crippen LogP contribution < -0.4 is 0 Å². The summed E-state index contributed by atoms with van der Waals surface area (Å²) in [6.45, 7) is 2.26. The first-order valence-electron chi connectivity index (χ1n) is 10.3. The third kappa shape index (κ3) is 6.44. The van der Waals surface area contributed by atoms with Crippen molar-refractivity contribution in [3.05, 3.63) is 36.0 Å². The van der Waals surface area contributed by atoms with Crippen molar-refractivity contribution >= 4 is 16.7 Å². The predicted molar refractivity (Wildman–Crippen MR) is 109 cm³/mol. The summed E-state index contributed by atoms with van der Waals surface area (Å²) in [6, 6.07) is 6.96. The largest absolute Gasteiger partial charge is 0.506 e. The minimum absolute atomic E-state index is 0.131. The Bertz CT molecular complexity index is 681. The molecule has 0 bridgehead atoms. The summed E-state index contributed by atoms with van der Waals surface area (Å²) in [7, 11) is 0. The minimum atomic E-state index is 0.131. The van der Waals surface area contributed by atoms with E-state index in [4.69, 9.17) is 0 Å². The van der Waals surface area contributed by atoms with Crippen LogP contribution in [0.25, 0.3) is 10.9 Å². The van der Waals surface area contributed by atoms with E-state index in [-0.39, 0.29) is 11.5 Å². The van der Waals surface area contributed by atoms with Crippen molar-refractivity contribution in [2.24, 2.45) is 0 Å². The summed E-state index contributed by atoms with van der Waals surface area (Å²) < 4.78 is 0. The SMILES string of the molecule is CCCCCCCCCCCCCC(=O)c1ccc(O)c2ncccc12. The molecule has 1 N–H and O–H groups in total. The molecule has 1 aromatic heterocycles. The molecule has 0 spiro atoms. The van der Waals surface area contributed by atoms with Crippen LogP contribution in [0.5, 0.6) is 5.75 Å². The first-order valence-corrected chi connectivity index (χ1v) is 10.3. The monoisotopic (exact) mass is 355 g/mol. The first kappa shape index (κ1) is 20.4. The van der Waals surface area contributed by atoms with Crippen molar-refractivity contribution in [2.75, 3.05) is 0 Å². The Morgan fingerprint density at radius 3 is 2.15 bits per heavy atom. The van der Waals surface area contributed by atoms with Crippen LogP contribution >= 0.6 is 0 Å². The summed E-state index contributed by atoms with van der Waals surface area (Å²) in [6.07, 6.45) is 16.3. The second-order valence-corrected chi connectivity index (χ2v) is 7.24. The van der Waals surface area contributed by atoms with E-state index in [1.807, 2.05) is 6.07 Å². The van der Waals surface area contributed by atoms with Gasteiger partial charge in [-0.25, -0.2) is 0 Å². The highest BCUT2D eigenvalue weighted by Crippen LogP contribution is 2.26. The van der Waals surface area contributed by atoms with Crippen molar-refractivity contribution in [1.29, 1.82) is 0 Å². The number of hydrogen-bond acceptors (Lipinski definition) is 3. The van der Waals surface area contributed by atoms with Crippen molar-refractivity contribution in [3.63, 3.8) is 0 Å². The average Bonchev–Trinajstić information content (AvgIpc) is 2.66. The molecule has 142 valence electrons. The van der Waals surface area contributed by atoms with Crippen molar-refractivity contribution in [2.45, 2.75) is 84.0 Å². The number of carbonyl (C=O) groups is 1. The van der Waals surface area contributed by atoms with Crippen molar-refractivity contribution in [1.82, 2.24) is 4.98 Å². The van der Waals surface area contributed by atoms with Gasteiger partial charge in [-0.1, -0.05) is 77.2 Å². The zero-order valence-electron chi connectivity index (χ0n) is 16.2. The van der Waals surface area contributed by atoms with Gasteiger partial charge in [-0.3, -0.25) is 9.78 Å². The number of phenols is 1. The average molecular weight is 356 g/mol. The number of aromatic nitrogens is 1. The van der Waals surface area contributed by atoms with Gasteiger partial charge >= 0.3 is 0 Å². The molecule has 0 aliphatic rings. The molecule has 0 aliphatic heterocycles. The number of Topliss-reactive ketones (excluding diaryl/α,β-unsaturated/α-hetero) is 1. The van der Waals surface area contributed by atoms with Crippen LogP contribution in [0.15, 0.2) is 30.5 Å². The highest BCUT2D eigenvalue weighted by molar-refractivity contribution is 6.08. The number of benzene rings is 1. The lowest BCUT2D eigenvalue weighted by Crippen LogP contribution is -2.00. The molecule has 26 heavy (non-hydrogen) atoms. The predicted octanol–water partition coefficient (Wildman–Crippen LogP) is 6.82. The molecule has 3 nitrogen and oxygen atoms in total. The molecule has 0 radical (unpaired) electrons. The van der Waals surface area contributed by atoms with E-state index < -0.39 is 0 Å². The second-order valence-electron chi connectivity index (χ2n) is 7.24. The fourth-order valence-electron chi connectivity index (χ4n) is 3.49. The zero-order valence-corrected chi connectivity index (χ0v) is 16.2. The van der Waals surface area contributed by atoms with Gasteiger partial charge < -0.3 is 5.11 Å². The Balaban J connectivity index is 1.63. The van der Waals surface area contributed by atoms with E-state index in [1.54, 1.807) is 24.4 Å². The number of rotatable bonds is 13. The Labute approximate surface area is 157 Å². The molecule has 0 atom stereocenters. The van der Waals surface area contributed by atoms with Crippen molar-refractivity contribution in [3.8, 4) is 5.75 Å². The summed E-state index contributed by atoms with van der Waals surface area (Å²) in [5, 5.41) is 10.6. The van der Waals surface area contributed by atoms with Crippen LogP contribution in [0, 0.1) is 0 Å². The fraction of sp³-hybridized carbons (Fsp3) is 0.565. The number of aromatic hydroxyl groups is 1.